The Morgan fingerprint density at radius 3 is 1.63 bits per heavy atom. The highest BCUT2D eigenvalue weighted by Gasteiger charge is 2.51. The topological polar surface area (TPSA) is 27.7 Å². The van der Waals surface area contributed by atoms with E-state index in [1.54, 1.807) is 0 Å². The maximum atomic E-state index is 6.18. The smallest absolute Gasteiger partial charge is 0.197 e. The Morgan fingerprint density at radius 1 is 0.741 bits per heavy atom. The van der Waals surface area contributed by atoms with E-state index in [-0.39, 0.29) is 5.60 Å². The zero-order valence-electron chi connectivity index (χ0n) is 19.7. The molecule has 0 aliphatic heterocycles. The van der Waals surface area contributed by atoms with Crippen LogP contribution in [-0.2, 0) is 14.2 Å². The number of allylic oxidation sites excluding steroid dienone is 1. The van der Waals surface area contributed by atoms with Crippen LogP contribution >= 0.6 is 0 Å². The van der Waals surface area contributed by atoms with Crippen LogP contribution in [0.2, 0.25) is 0 Å². The molecule has 1 unspecified atom stereocenters. The third-order valence-corrected chi connectivity index (χ3v) is 5.18. The molecule has 0 aromatic heterocycles. The molecule has 0 rings (SSSR count). The van der Waals surface area contributed by atoms with E-state index < -0.39 is 5.79 Å². The summed E-state index contributed by atoms with van der Waals surface area (Å²) in [6.07, 6.45) is 14.6. The highest BCUT2D eigenvalue weighted by molar-refractivity contribution is 4.96. The maximum absolute atomic E-state index is 6.18. The summed E-state index contributed by atoms with van der Waals surface area (Å²) in [5.74, 6) is -0.620. The van der Waals surface area contributed by atoms with Crippen molar-refractivity contribution in [3.8, 4) is 0 Å². The van der Waals surface area contributed by atoms with Crippen LogP contribution in [0.1, 0.15) is 112 Å². The van der Waals surface area contributed by atoms with E-state index in [2.05, 4.69) is 34.3 Å². The fourth-order valence-corrected chi connectivity index (χ4v) is 3.76. The lowest BCUT2D eigenvalue weighted by Crippen LogP contribution is -2.58. The lowest BCUT2D eigenvalue weighted by molar-refractivity contribution is -0.330. The maximum Gasteiger partial charge on any atom is 0.197 e. The van der Waals surface area contributed by atoms with Crippen LogP contribution in [-0.4, -0.2) is 31.7 Å². The van der Waals surface area contributed by atoms with Crippen LogP contribution < -0.4 is 0 Å². The molecular weight excluding hydrogens is 336 g/mol. The average molecular weight is 387 g/mol. The van der Waals surface area contributed by atoms with Gasteiger partial charge >= 0.3 is 0 Å². The monoisotopic (exact) mass is 386 g/mol. The summed E-state index contributed by atoms with van der Waals surface area (Å²) in [6, 6.07) is 0. The van der Waals surface area contributed by atoms with Crippen molar-refractivity contribution in [2.24, 2.45) is 0 Å². The first-order valence-electron chi connectivity index (χ1n) is 11.5. The predicted octanol–water partition coefficient (Wildman–Crippen LogP) is 7.68. The Labute approximate surface area is 171 Å². The lowest BCUT2D eigenvalue weighted by atomic mass is 9.81. The van der Waals surface area contributed by atoms with Crippen LogP contribution in [0.4, 0.5) is 0 Å². The van der Waals surface area contributed by atoms with Gasteiger partial charge in [-0.15, -0.1) is 6.58 Å². The van der Waals surface area contributed by atoms with E-state index >= 15 is 0 Å². The molecule has 0 spiro atoms. The van der Waals surface area contributed by atoms with Gasteiger partial charge < -0.3 is 14.2 Å². The predicted molar refractivity (Wildman–Crippen MR) is 119 cm³/mol. The van der Waals surface area contributed by atoms with Crippen LogP contribution in [0, 0.1) is 0 Å². The van der Waals surface area contributed by atoms with E-state index in [1.165, 1.54) is 38.5 Å². The first-order chi connectivity index (χ1) is 13.0. The molecule has 3 nitrogen and oxygen atoms in total. The summed E-state index contributed by atoms with van der Waals surface area (Å²) < 4.78 is 18.5. The number of hydrogen-bond acceptors (Lipinski definition) is 3. The number of unbranched alkanes of at least 4 members (excludes halogenated alkanes) is 5. The molecule has 0 aliphatic carbocycles. The fourth-order valence-electron chi connectivity index (χ4n) is 3.76. The Bertz CT molecular complexity index is 311. The largest absolute Gasteiger partial charge is 0.373 e. The van der Waals surface area contributed by atoms with Gasteiger partial charge in [-0.25, -0.2) is 0 Å². The average Bonchev–Trinajstić information content (AvgIpc) is 2.69. The fraction of sp³-hybridized carbons (Fsp3) is 0.917. The van der Waals surface area contributed by atoms with E-state index in [0.717, 1.165) is 32.1 Å². The molecule has 0 heterocycles. The van der Waals surface area contributed by atoms with Gasteiger partial charge in [0, 0.05) is 26.7 Å². The number of methoxy groups -OCH3 is 1. The zero-order chi connectivity index (χ0) is 21.0. The molecular formula is C24H50O3. The molecule has 1 atom stereocenters. The summed E-state index contributed by atoms with van der Waals surface area (Å²) >= 11 is 0. The van der Waals surface area contributed by atoms with Crippen molar-refractivity contribution in [2.75, 3.05) is 20.3 Å². The molecule has 0 radical (unpaired) electrons. The van der Waals surface area contributed by atoms with Crippen LogP contribution in [0.3, 0.4) is 0 Å². The van der Waals surface area contributed by atoms with E-state index in [4.69, 9.17) is 14.2 Å². The van der Waals surface area contributed by atoms with Crippen LogP contribution in [0.15, 0.2) is 12.7 Å². The second-order valence-electron chi connectivity index (χ2n) is 7.14. The number of hydrogen-bond donors (Lipinski definition) is 0. The highest BCUT2D eigenvalue weighted by Crippen LogP contribution is 2.41. The van der Waals surface area contributed by atoms with Gasteiger partial charge in [0.15, 0.2) is 5.79 Å². The molecule has 0 saturated carbocycles. The summed E-state index contributed by atoms with van der Waals surface area (Å²) in [6.45, 7) is 17.6. The molecule has 0 fully saturated rings. The Kier molecular flexibility index (Phi) is 20.2. The number of ether oxygens (including phenoxy) is 3. The quantitative estimate of drug-likeness (QED) is 0.146. The molecule has 0 aromatic rings. The van der Waals surface area contributed by atoms with Crippen molar-refractivity contribution < 1.29 is 14.2 Å². The van der Waals surface area contributed by atoms with Crippen LogP contribution in [0.25, 0.3) is 0 Å². The third-order valence-electron chi connectivity index (χ3n) is 5.18. The summed E-state index contributed by atoms with van der Waals surface area (Å²) in [7, 11) is 1.83. The van der Waals surface area contributed by atoms with E-state index in [1.807, 2.05) is 27.0 Å². The van der Waals surface area contributed by atoms with Gasteiger partial charge in [0.25, 0.3) is 0 Å². The summed E-state index contributed by atoms with van der Waals surface area (Å²) in [4.78, 5) is 0. The molecule has 0 amide bonds. The molecule has 0 aromatic carbocycles. The molecule has 164 valence electrons. The first-order valence-corrected chi connectivity index (χ1v) is 11.5. The van der Waals surface area contributed by atoms with Gasteiger partial charge in [0.05, 0.1) is 0 Å². The third kappa shape index (κ3) is 10.7. The second kappa shape index (κ2) is 19.0. The van der Waals surface area contributed by atoms with Crippen LogP contribution in [0.5, 0.6) is 0 Å². The first kappa shape index (κ1) is 28.8. The standard InChI is InChI=1S/C20H42O3.C4H8/c1-7-12-13-14-15-16-18-19(21-6,17-8-2)20(9-3,22-10-4)23-11-5;1-3-4-2/h7-18H2,1-6H3;3H,1,4H2,2H3. The van der Waals surface area contributed by atoms with Gasteiger partial charge in [-0.2, -0.15) is 0 Å². The van der Waals surface area contributed by atoms with E-state index in [9.17, 15) is 0 Å². The highest BCUT2D eigenvalue weighted by atomic mass is 16.7. The van der Waals surface area contributed by atoms with Gasteiger partial charge in [0.2, 0.25) is 0 Å². The van der Waals surface area contributed by atoms with Gasteiger partial charge in [-0.05, 0) is 33.1 Å². The van der Waals surface area contributed by atoms with Crippen molar-refractivity contribution >= 4 is 0 Å². The Morgan fingerprint density at radius 2 is 1.26 bits per heavy atom. The normalized spacial score (nSPS) is 13.6. The molecule has 0 bridgehead atoms. The zero-order valence-corrected chi connectivity index (χ0v) is 19.7. The minimum Gasteiger partial charge on any atom is -0.373 e. The van der Waals surface area contributed by atoms with Gasteiger partial charge in [-0.3, -0.25) is 0 Å². The number of rotatable bonds is 17. The van der Waals surface area contributed by atoms with Crippen molar-refractivity contribution in [1.82, 2.24) is 0 Å². The van der Waals surface area contributed by atoms with E-state index in [0.29, 0.717) is 13.2 Å². The molecule has 0 aliphatic rings. The van der Waals surface area contributed by atoms with Crippen molar-refractivity contribution in [3.63, 3.8) is 0 Å². The summed E-state index contributed by atoms with van der Waals surface area (Å²) in [5, 5.41) is 0. The summed E-state index contributed by atoms with van der Waals surface area (Å²) in [5.41, 5.74) is -0.340. The molecule has 27 heavy (non-hydrogen) atoms. The molecule has 3 heteroatoms. The van der Waals surface area contributed by atoms with Gasteiger partial charge in [0.1, 0.15) is 5.60 Å². The van der Waals surface area contributed by atoms with Gasteiger partial charge in [-0.1, -0.05) is 78.7 Å². The SMILES string of the molecule is C=CCC.CCCCCCCCC(CCC)(OC)C(CC)(OCC)OCC. The Balaban J connectivity index is 0. The molecule has 0 saturated heterocycles. The minimum atomic E-state index is -0.620. The van der Waals surface area contributed by atoms with Crippen molar-refractivity contribution in [2.45, 2.75) is 124 Å². The lowest BCUT2D eigenvalue weighted by Gasteiger charge is -2.48. The van der Waals surface area contributed by atoms with Crippen molar-refractivity contribution in [3.05, 3.63) is 12.7 Å². The minimum absolute atomic E-state index is 0.340. The van der Waals surface area contributed by atoms with Crippen molar-refractivity contribution in [1.29, 1.82) is 0 Å². The second-order valence-corrected chi connectivity index (χ2v) is 7.14. The molecule has 0 N–H and O–H groups in total. The Hall–Kier alpha value is -0.380.